The van der Waals surface area contributed by atoms with E-state index in [-0.39, 0.29) is 24.1 Å². The van der Waals surface area contributed by atoms with Crippen molar-refractivity contribution >= 4 is 34.1 Å². The average molecular weight is 297 g/mol. The Hall–Kier alpha value is -1.83. The van der Waals surface area contributed by atoms with Crippen molar-refractivity contribution in [3.05, 3.63) is 4.88 Å². The summed E-state index contributed by atoms with van der Waals surface area (Å²) in [6.45, 7) is 2.95. The van der Waals surface area contributed by atoms with Gasteiger partial charge in [-0.15, -0.1) is 0 Å². The van der Waals surface area contributed by atoms with Gasteiger partial charge in [-0.05, 0) is 19.8 Å². The number of nitrogens with one attached hydrogen (secondary N) is 3. The minimum atomic E-state index is -0.289. The highest BCUT2D eigenvalue weighted by Gasteiger charge is 2.23. The average Bonchev–Trinajstić information content (AvgIpc) is 3.12. The Bertz CT molecular complexity index is 498. The van der Waals surface area contributed by atoms with Crippen LogP contribution in [0.25, 0.3) is 0 Å². The highest BCUT2D eigenvalue weighted by molar-refractivity contribution is 7.18. The van der Waals surface area contributed by atoms with Crippen molar-refractivity contribution in [2.24, 2.45) is 0 Å². The first-order chi connectivity index (χ1) is 9.60. The van der Waals surface area contributed by atoms with E-state index in [1.54, 1.807) is 0 Å². The molecule has 1 fully saturated rings. The van der Waals surface area contributed by atoms with E-state index in [0.29, 0.717) is 22.6 Å². The number of anilines is 2. The largest absolute Gasteiger partial charge is 0.382 e. The second kappa shape index (κ2) is 6.56. The Morgan fingerprint density at radius 1 is 1.45 bits per heavy atom. The Morgan fingerprint density at radius 3 is 2.85 bits per heavy atom. The van der Waals surface area contributed by atoms with Crippen molar-refractivity contribution in [3.8, 4) is 0 Å². The first kappa shape index (κ1) is 14.6. The van der Waals surface area contributed by atoms with Gasteiger partial charge < -0.3 is 21.7 Å². The van der Waals surface area contributed by atoms with Crippen LogP contribution in [0, 0.1) is 0 Å². The Balaban J connectivity index is 1.77. The number of amides is 2. The van der Waals surface area contributed by atoms with Crippen molar-refractivity contribution in [2.75, 3.05) is 24.1 Å². The van der Waals surface area contributed by atoms with Crippen LogP contribution in [0.3, 0.4) is 0 Å². The van der Waals surface area contributed by atoms with Crippen LogP contribution in [0.5, 0.6) is 0 Å². The Labute approximate surface area is 121 Å². The molecule has 1 aromatic heterocycles. The van der Waals surface area contributed by atoms with Gasteiger partial charge in [0.2, 0.25) is 5.91 Å². The molecule has 0 aliphatic heterocycles. The third-order valence-corrected chi connectivity index (χ3v) is 3.80. The molecule has 0 unspecified atom stereocenters. The monoisotopic (exact) mass is 297 g/mol. The first-order valence-electron chi connectivity index (χ1n) is 6.68. The fourth-order valence-electron chi connectivity index (χ4n) is 1.62. The molecular weight excluding hydrogens is 278 g/mol. The molecule has 8 heteroatoms. The zero-order valence-electron chi connectivity index (χ0n) is 11.4. The van der Waals surface area contributed by atoms with E-state index in [1.165, 1.54) is 11.3 Å². The molecule has 7 nitrogen and oxygen atoms in total. The number of carbonyl (C=O) groups is 2. The maximum Gasteiger partial charge on any atom is 0.265 e. The molecule has 0 aromatic carbocycles. The van der Waals surface area contributed by atoms with Crippen LogP contribution < -0.4 is 21.7 Å². The van der Waals surface area contributed by atoms with Gasteiger partial charge in [-0.25, -0.2) is 4.98 Å². The van der Waals surface area contributed by atoms with Crippen LogP contribution in [0.2, 0.25) is 0 Å². The lowest BCUT2D eigenvalue weighted by atomic mass is 10.3. The van der Waals surface area contributed by atoms with Crippen molar-refractivity contribution < 1.29 is 9.59 Å². The number of thiazole rings is 1. The molecule has 0 spiro atoms. The van der Waals surface area contributed by atoms with Crippen LogP contribution in [0.1, 0.15) is 35.9 Å². The predicted molar refractivity (Wildman–Crippen MR) is 78.8 cm³/mol. The number of nitrogens with two attached hydrogens (primary N) is 1. The molecule has 0 saturated heterocycles. The number of carbonyl (C=O) groups excluding carboxylic acids is 2. The van der Waals surface area contributed by atoms with Gasteiger partial charge in [-0.2, -0.15) is 0 Å². The molecule has 1 saturated carbocycles. The normalized spacial score (nSPS) is 13.8. The molecule has 20 heavy (non-hydrogen) atoms. The van der Waals surface area contributed by atoms with E-state index in [4.69, 9.17) is 5.73 Å². The highest BCUT2D eigenvalue weighted by Crippen LogP contribution is 2.24. The topological polar surface area (TPSA) is 109 Å². The molecular formula is C12H19N5O2S. The number of nitrogen functional groups attached to an aromatic ring is 1. The fraction of sp³-hybridized carbons (Fsp3) is 0.583. The molecule has 5 N–H and O–H groups in total. The Kier molecular flexibility index (Phi) is 4.78. The molecule has 1 heterocycles. The van der Waals surface area contributed by atoms with E-state index in [2.05, 4.69) is 20.9 Å². The Morgan fingerprint density at radius 2 is 2.20 bits per heavy atom. The van der Waals surface area contributed by atoms with E-state index < -0.39 is 0 Å². The van der Waals surface area contributed by atoms with Gasteiger partial charge in [0.1, 0.15) is 10.7 Å². The number of hydrogen-bond acceptors (Lipinski definition) is 6. The predicted octanol–water partition coefficient (Wildman–Crippen LogP) is 0.556. The zero-order chi connectivity index (χ0) is 14.5. The van der Waals surface area contributed by atoms with Gasteiger partial charge in [-0.3, -0.25) is 9.59 Å². The summed E-state index contributed by atoms with van der Waals surface area (Å²) in [7, 11) is 0. The number of hydrogen-bond donors (Lipinski definition) is 4. The van der Waals surface area contributed by atoms with Gasteiger partial charge in [0.25, 0.3) is 5.91 Å². The highest BCUT2D eigenvalue weighted by atomic mass is 32.1. The minimum Gasteiger partial charge on any atom is -0.382 e. The molecule has 0 atom stereocenters. The fourth-order valence-corrected chi connectivity index (χ4v) is 2.49. The first-order valence-corrected chi connectivity index (χ1v) is 7.49. The SMILES string of the molecule is CCNc1nc(N)c(C(=O)NCCC(=O)NC2CC2)s1. The summed E-state index contributed by atoms with van der Waals surface area (Å²) in [6.07, 6.45) is 2.40. The van der Waals surface area contributed by atoms with Crippen LogP contribution in [0.15, 0.2) is 0 Å². The molecule has 0 radical (unpaired) electrons. The lowest BCUT2D eigenvalue weighted by Gasteiger charge is -2.04. The van der Waals surface area contributed by atoms with Crippen LogP contribution in [-0.4, -0.2) is 35.9 Å². The van der Waals surface area contributed by atoms with Crippen LogP contribution in [0.4, 0.5) is 10.9 Å². The van der Waals surface area contributed by atoms with Gasteiger partial charge in [0, 0.05) is 25.6 Å². The maximum atomic E-state index is 11.9. The second-order valence-corrected chi connectivity index (χ2v) is 5.61. The number of aromatic nitrogens is 1. The number of nitrogens with zero attached hydrogens (tertiary/aromatic N) is 1. The molecule has 1 aliphatic carbocycles. The van der Waals surface area contributed by atoms with Gasteiger partial charge in [0.15, 0.2) is 5.13 Å². The molecule has 0 bridgehead atoms. The lowest BCUT2D eigenvalue weighted by molar-refractivity contribution is -0.121. The quantitative estimate of drug-likeness (QED) is 0.588. The van der Waals surface area contributed by atoms with Crippen LogP contribution in [-0.2, 0) is 4.79 Å². The van der Waals surface area contributed by atoms with E-state index in [9.17, 15) is 9.59 Å². The standard InChI is InChI=1S/C12H19N5O2S/c1-2-14-12-17-10(13)9(20-12)11(19)15-6-5-8(18)16-7-3-4-7/h7H,2-6,13H2,1H3,(H,14,17)(H,15,19)(H,16,18). The van der Waals surface area contributed by atoms with Gasteiger partial charge in [0.05, 0.1) is 0 Å². The smallest absolute Gasteiger partial charge is 0.265 e. The summed E-state index contributed by atoms with van der Waals surface area (Å²) in [6, 6.07) is 0.345. The summed E-state index contributed by atoms with van der Waals surface area (Å²) in [5.41, 5.74) is 5.70. The molecule has 2 amide bonds. The summed E-state index contributed by atoms with van der Waals surface area (Å²) in [5.74, 6) is -0.104. The van der Waals surface area contributed by atoms with E-state index in [0.717, 1.165) is 19.4 Å². The molecule has 1 aliphatic rings. The third kappa shape index (κ3) is 4.09. The van der Waals surface area contributed by atoms with Crippen LogP contribution >= 0.6 is 11.3 Å². The summed E-state index contributed by atoms with van der Waals surface area (Å²) < 4.78 is 0. The van der Waals surface area contributed by atoms with Crippen molar-refractivity contribution in [2.45, 2.75) is 32.2 Å². The summed E-state index contributed by atoms with van der Waals surface area (Å²) in [5, 5.41) is 9.18. The molecule has 2 rings (SSSR count). The zero-order valence-corrected chi connectivity index (χ0v) is 12.2. The van der Waals surface area contributed by atoms with Gasteiger partial charge >= 0.3 is 0 Å². The van der Waals surface area contributed by atoms with E-state index >= 15 is 0 Å². The van der Waals surface area contributed by atoms with E-state index in [1.807, 2.05) is 6.92 Å². The summed E-state index contributed by atoms with van der Waals surface area (Å²) in [4.78, 5) is 27.8. The van der Waals surface area contributed by atoms with Crippen molar-refractivity contribution in [1.29, 1.82) is 0 Å². The lowest BCUT2D eigenvalue weighted by Crippen LogP contribution is -2.31. The molecule has 1 aromatic rings. The number of rotatable bonds is 7. The third-order valence-electron chi connectivity index (χ3n) is 2.77. The minimum absolute atomic E-state index is 0.0292. The van der Waals surface area contributed by atoms with Crippen molar-refractivity contribution in [3.63, 3.8) is 0 Å². The van der Waals surface area contributed by atoms with Gasteiger partial charge in [-0.1, -0.05) is 11.3 Å². The second-order valence-electron chi connectivity index (χ2n) is 4.61. The van der Waals surface area contributed by atoms with Crippen molar-refractivity contribution in [1.82, 2.24) is 15.6 Å². The summed E-state index contributed by atoms with van der Waals surface area (Å²) >= 11 is 1.21. The maximum absolute atomic E-state index is 11.9. The molecule has 110 valence electrons.